The molecule has 0 saturated carbocycles. The summed E-state index contributed by atoms with van der Waals surface area (Å²) in [5.74, 6) is -0.324. The predicted octanol–water partition coefficient (Wildman–Crippen LogP) is 6.01. The van der Waals surface area contributed by atoms with Crippen molar-refractivity contribution in [1.82, 2.24) is 0 Å². The molecule has 0 aliphatic rings. The van der Waals surface area contributed by atoms with E-state index in [1.807, 2.05) is 0 Å². The van der Waals surface area contributed by atoms with Gasteiger partial charge >= 0.3 is 6.18 Å². The van der Waals surface area contributed by atoms with Crippen molar-refractivity contribution in [3.63, 3.8) is 0 Å². The van der Waals surface area contributed by atoms with Gasteiger partial charge in [-0.3, -0.25) is 9.52 Å². The molecule has 1 heterocycles. The lowest BCUT2D eigenvalue weighted by molar-refractivity contribution is -0.137. The highest BCUT2D eigenvalue weighted by atomic mass is 32.2. The zero-order chi connectivity index (χ0) is 23.7. The average molecular weight is 484 g/mol. The lowest BCUT2D eigenvalue weighted by Gasteiger charge is -2.17. The Labute approximate surface area is 187 Å². The van der Waals surface area contributed by atoms with Crippen LogP contribution in [-0.4, -0.2) is 21.3 Å². The Bertz CT molecular complexity index is 1260. The zero-order valence-corrected chi connectivity index (χ0v) is 19.0. The number of methoxy groups -OCH3 is 1. The van der Waals surface area contributed by atoms with Gasteiger partial charge in [0.2, 0.25) is 0 Å². The van der Waals surface area contributed by atoms with Gasteiger partial charge in [0, 0.05) is 16.0 Å². The second-order valence-electron chi connectivity index (χ2n) is 6.92. The van der Waals surface area contributed by atoms with Gasteiger partial charge in [0.25, 0.3) is 10.0 Å². The van der Waals surface area contributed by atoms with Gasteiger partial charge < -0.3 is 4.74 Å². The lowest BCUT2D eigenvalue weighted by atomic mass is 10.1. The number of Topliss-reactive ketones (excluding diaryl/α,β-unsaturated/α-hetero) is 1. The van der Waals surface area contributed by atoms with Crippen LogP contribution in [0.15, 0.2) is 53.4 Å². The van der Waals surface area contributed by atoms with Crippen molar-refractivity contribution in [3.05, 3.63) is 65.2 Å². The van der Waals surface area contributed by atoms with E-state index in [2.05, 4.69) is 4.72 Å². The number of thiophene rings is 1. The molecule has 5 nitrogen and oxygen atoms in total. The summed E-state index contributed by atoms with van der Waals surface area (Å²) in [5.41, 5.74) is -0.311. The van der Waals surface area contributed by atoms with Gasteiger partial charge in [0.05, 0.1) is 23.3 Å². The molecule has 10 heteroatoms. The van der Waals surface area contributed by atoms with Gasteiger partial charge in [-0.1, -0.05) is 36.5 Å². The average Bonchev–Trinajstić information content (AvgIpc) is 3.21. The largest absolute Gasteiger partial charge is 0.487 e. The molecule has 3 rings (SSSR count). The van der Waals surface area contributed by atoms with Crippen molar-refractivity contribution in [2.24, 2.45) is 0 Å². The number of ether oxygens (including phenoxy) is 1. The molecule has 0 fully saturated rings. The molecule has 170 valence electrons. The van der Waals surface area contributed by atoms with Crippen LogP contribution < -0.4 is 9.46 Å². The molecule has 0 aliphatic heterocycles. The summed E-state index contributed by atoms with van der Waals surface area (Å²) in [6, 6.07) is 10.5. The van der Waals surface area contributed by atoms with Crippen LogP contribution in [0.3, 0.4) is 0 Å². The van der Waals surface area contributed by atoms with E-state index in [0.717, 1.165) is 12.1 Å². The molecule has 0 aliphatic carbocycles. The molecular weight excluding hydrogens is 463 g/mol. The number of halogens is 3. The summed E-state index contributed by atoms with van der Waals surface area (Å²) in [7, 11) is -2.84. The summed E-state index contributed by atoms with van der Waals surface area (Å²) in [5, 5.41) is 0.524. The minimum Gasteiger partial charge on any atom is -0.487 e. The van der Waals surface area contributed by atoms with Crippen LogP contribution in [0.5, 0.6) is 5.06 Å². The Balaban J connectivity index is 2.16. The van der Waals surface area contributed by atoms with E-state index in [4.69, 9.17) is 4.74 Å². The van der Waals surface area contributed by atoms with Crippen LogP contribution in [0.4, 0.5) is 18.9 Å². The molecule has 2 aromatic carbocycles. The van der Waals surface area contributed by atoms with Crippen molar-refractivity contribution in [2.45, 2.75) is 31.3 Å². The lowest BCUT2D eigenvalue weighted by Crippen LogP contribution is -2.17. The number of alkyl halides is 3. The SMILES string of the molecule is CCc1ccc(C(C)=O)cc1S(=O)(=O)Nc1cc(C(F)(F)F)ccc1-c1ccc(OC)s1. The van der Waals surface area contributed by atoms with E-state index in [1.54, 1.807) is 19.1 Å². The highest BCUT2D eigenvalue weighted by Gasteiger charge is 2.32. The number of hydrogen-bond donors (Lipinski definition) is 1. The monoisotopic (exact) mass is 483 g/mol. The first-order valence-corrected chi connectivity index (χ1v) is 11.8. The maximum atomic E-state index is 13.3. The Morgan fingerprint density at radius 1 is 1.09 bits per heavy atom. The van der Waals surface area contributed by atoms with Crippen LogP contribution in [0, 0.1) is 0 Å². The van der Waals surface area contributed by atoms with Gasteiger partial charge in [0.1, 0.15) is 0 Å². The molecular formula is C22H20F3NO4S2. The second kappa shape index (κ2) is 8.95. The van der Waals surface area contributed by atoms with E-state index in [1.165, 1.54) is 49.6 Å². The fourth-order valence-corrected chi connectivity index (χ4v) is 5.38. The first-order valence-electron chi connectivity index (χ1n) is 9.48. The summed E-state index contributed by atoms with van der Waals surface area (Å²) in [6.45, 7) is 3.05. The Kier molecular flexibility index (Phi) is 6.66. The van der Waals surface area contributed by atoms with E-state index in [9.17, 15) is 26.4 Å². The van der Waals surface area contributed by atoms with Crippen molar-refractivity contribution >= 4 is 32.8 Å². The number of hydrogen-bond acceptors (Lipinski definition) is 5. The summed E-state index contributed by atoms with van der Waals surface area (Å²) in [6.07, 6.45) is -4.30. The first-order chi connectivity index (χ1) is 15.0. The molecule has 1 N–H and O–H groups in total. The molecule has 0 saturated heterocycles. The van der Waals surface area contributed by atoms with Crippen LogP contribution in [0.25, 0.3) is 10.4 Å². The van der Waals surface area contributed by atoms with Crippen molar-refractivity contribution in [2.75, 3.05) is 11.8 Å². The van der Waals surface area contributed by atoms with Crippen molar-refractivity contribution < 1.29 is 31.1 Å². The maximum Gasteiger partial charge on any atom is 0.416 e. The fourth-order valence-electron chi connectivity index (χ4n) is 3.11. The summed E-state index contributed by atoms with van der Waals surface area (Å²) in [4.78, 5) is 12.1. The molecule has 3 aromatic rings. The molecule has 0 amide bonds. The van der Waals surface area contributed by atoms with Crippen LogP contribution in [-0.2, 0) is 22.6 Å². The standard InChI is InChI=1S/C22H20F3NO4S2/c1-4-14-5-6-15(13(2)27)11-20(14)32(28,29)26-18-12-16(22(23,24)25)7-8-17(18)19-9-10-21(30-3)31-19/h5-12,26H,4H2,1-3H3. The number of ketones is 1. The minimum atomic E-state index is -4.66. The zero-order valence-electron chi connectivity index (χ0n) is 17.4. The van der Waals surface area contributed by atoms with Gasteiger partial charge in [0.15, 0.2) is 10.8 Å². The smallest absolute Gasteiger partial charge is 0.416 e. The third kappa shape index (κ3) is 4.97. The number of nitrogens with one attached hydrogen (secondary N) is 1. The number of sulfonamides is 1. The van der Waals surface area contributed by atoms with Crippen LogP contribution in [0.1, 0.15) is 35.3 Å². The van der Waals surface area contributed by atoms with E-state index in [0.29, 0.717) is 21.9 Å². The minimum absolute atomic E-state index is 0.153. The molecule has 0 bridgehead atoms. The molecule has 0 radical (unpaired) electrons. The Morgan fingerprint density at radius 2 is 1.81 bits per heavy atom. The van der Waals surface area contributed by atoms with Gasteiger partial charge in [-0.05, 0) is 49.2 Å². The molecule has 0 atom stereocenters. The van der Waals surface area contributed by atoms with Gasteiger partial charge in [-0.2, -0.15) is 13.2 Å². The van der Waals surface area contributed by atoms with Crippen molar-refractivity contribution in [3.8, 4) is 15.5 Å². The molecule has 0 spiro atoms. The third-order valence-electron chi connectivity index (χ3n) is 4.78. The number of benzene rings is 2. The highest BCUT2D eigenvalue weighted by Crippen LogP contribution is 2.41. The van der Waals surface area contributed by atoms with Crippen LogP contribution in [0.2, 0.25) is 0 Å². The number of rotatable bonds is 7. The number of carbonyl (C=O) groups excluding carboxylic acids is 1. The fraction of sp³-hybridized carbons (Fsp3) is 0.227. The van der Waals surface area contributed by atoms with Crippen molar-refractivity contribution in [1.29, 1.82) is 0 Å². The van der Waals surface area contributed by atoms with E-state index in [-0.39, 0.29) is 27.5 Å². The third-order valence-corrected chi connectivity index (χ3v) is 7.31. The van der Waals surface area contributed by atoms with Gasteiger partial charge in [-0.25, -0.2) is 8.42 Å². The predicted molar refractivity (Wildman–Crippen MR) is 118 cm³/mol. The first kappa shape index (κ1) is 23.8. The second-order valence-corrected chi connectivity index (χ2v) is 9.62. The summed E-state index contributed by atoms with van der Waals surface area (Å²) >= 11 is 1.17. The number of anilines is 1. The van der Waals surface area contributed by atoms with Crippen LogP contribution >= 0.6 is 11.3 Å². The Hall–Kier alpha value is -2.85. The topological polar surface area (TPSA) is 72.5 Å². The highest BCUT2D eigenvalue weighted by molar-refractivity contribution is 7.92. The molecule has 1 aromatic heterocycles. The normalized spacial score (nSPS) is 11.9. The van der Waals surface area contributed by atoms with E-state index < -0.39 is 21.8 Å². The molecule has 0 unspecified atom stereocenters. The molecule has 32 heavy (non-hydrogen) atoms. The number of carbonyl (C=O) groups is 1. The maximum absolute atomic E-state index is 13.3. The quantitative estimate of drug-likeness (QED) is 0.418. The van der Waals surface area contributed by atoms with E-state index >= 15 is 0 Å². The number of aryl methyl sites for hydroxylation is 1. The summed E-state index contributed by atoms with van der Waals surface area (Å²) < 4.78 is 74.0. The Morgan fingerprint density at radius 3 is 2.38 bits per heavy atom. The van der Waals surface area contributed by atoms with Gasteiger partial charge in [-0.15, -0.1) is 0 Å².